The number of rotatable bonds is 1. The van der Waals surface area contributed by atoms with Gasteiger partial charge in [0.1, 0.15) is 0 Å². The summed E-state index contributed by atoms with van der Waals surface area (Å²) in [5, 5.41) is 0. The number of alkyl halides is 1. The molecular formula is C8H13IO2. The van der Waals surface area contributed by atoms with Crippen LogP contribution in [0.1, 0.15) is 19.3 Å². The summed E-state index contributed by atoms with van der Waals surface area (Å²) in [6, 6.07) is 0. The molecule has 3 heteroatoms. The Labute approximate surface area is 80.8 Å². The van der Waals surface area contributed by atoms with E-state index in [1.165, 1.54) is 12.8 Å². The van der Waals surface area contributed by atoms with Gasteiger partial charge >= 0.3 is 0 Å². The standard InChI is InChI=1S/C8H13IO2/c9-5-7-1-2-8(11-7)3-4-10-6-8/h7H,1-6H2. The molecule has 0 aromatic carbocycles. The van der Waals surface area contributed by atoms with Gasteiger partial charge in [-0.1, -0.05) is 22.6 Å². The largest absolute Gasteiger partial charge is 0.378 e. The Hall–Kier alpha value is 0.650. The minimum absolute atomic E-state index is 0.135. The number of hydrogen-bond donors (Lipinski definition) is 0. The quantitative estimate of drug-likeness (QED) is 0.533. The third-order valence-electron chi connectivity index (χ3n) is 2.58. The van der Waals surface area contributed by atoms with E-state index < -0.39 is 0 Å². The van der Waals surface area contributed by atoms with E-state index in [1.807, 2.05) is 0 Å². The van der Waals surface area contributed by atoms with E-state index in [1.54, 1.807) is 0 Å². The third-order valence-corrected chi connectivity index (χ3v) is 3.56. The number of halogens is 1. The molecule has 2 unspecified atom stereocenters. The van der Waals surface area contributed by atoms with Gasteiger partial charge in [-0.25, -0.2) is 0 Å². The predicted molar refractivity (Wildman–Crippen MR) is 51.2 cm³/mol. The van der Waals surface area contributed by atoms with Crippen LogP contribution in [0.3, 0.4) is 0 Å². The fourth-order valence-corrected chi connectivity index (χ4v) is 2.50. The van der Waals surface area contributed by atoms with Crippen molar-refractivity contribution in [2.45, 2.75) is 31.0 Å². The lowest BCUT2D eigenvalue weighted by atomic mass is 9.99. The molecule has 0 amide bonds. The van der Waals surface area contributed by atoms with Crippen molar-refractivity contribution in [1.82, 2.24) is 0 Å². The smallest absolute Gasteiger partial charge is 0.0941 e. The molecule has 2 fully saturated rings. The summed E-state index contributed by atoms with van der Waals surface area (Å²) in [5.74, 6) is 0. The fraction of sp³-hybridized carbons (Fsp3) is 1.00. The highest BCUT2D eigenvalue weighted by Crippen LogP contribution is 2.37. The monoisotopic (exact) mass is 268 g/mol. The average Bonchev–Trinajstić information content (AvgIpc) is 2.62. The van der Waals surface area contributed by atoms with Crippen LogP contribution in [0.5, 0.6) is 0 Å². The van der Waals surface area contributed by atoms with E-state index in [4.69, 9.17) is 9.47 Å². The minimum atomic E-state index is 0.135. The summed E-state index contributed by atoms with van der Waals surface area (Å²) in [6.07, 6.45) is 4.05. The van der Waals surface area contributed by atoms with Crippen molar-refractivity contribution >= 4 is 22.6 Å². The lowest BCUT2D eigenvalue weighted by Crippen LogP contribution is -2.29. The number of hydrogen-bond acceptors (Lipinski definition) is 2. The highest BCUT2D eigenvalue weighted by atomic mass is 127. The van der Waals surface area contributed by atoms with Gasteiger partial charge in [-0.2, -0.15) is 0 Å². The van der Waals surface area contributed by atoms with Crippen LogP contribution in [0.15, 0.2) is 0 Å². The molecule has 2 heterocycles. The van der Waals surface area contributed by atoms with Crippen molar-refractivity contribution in [1.29, 1.82) is 0 Å². The second kappa shape index (κ2) is 3.18. The van der Waals surface area contributed by atoms with Crippen LogP contribution in [0, 0.1) is 0 Å². The lowest BCUT2D eigenvalue weighted by molar-refractivity contribution is -0.0349. The maximum absolute atomic E-state index is 5.93. The normalized spacial score (nSPS) is 43.9. The Balaban J connectivity index is 1.96. The Morgan fingerprint density at radius 2 is 2.36 bits per heavy atom. The summed E-state index contributed by atoms with van der Waals surface area (Å²) >= 11 is 2.39. The third kappa shape index (κ3) is 1.55. The maximum atomic E-state index is 5.93. The first-order valence-corrected chi connectivity index (χ1v) is 5.69. The van der Waals surface area contributed by atoms with Gasteiger partial charge in [0.2, 0.25) is 0 Å². The van der Waals surface area contributed by atoms with Crippen LogP contribution in [-0.2, 0) is 9.47 Å². The molecule has 0 aromatic rings. The Morgan fingerprint density at radius 3 is 2.91 bits per heavy atom. The second-order valence-corrected chi connectivity index (χ2v) is 4.30. The Kier molecular flexibility index (Phi) is 2.39. The van der Waals surface area contributed by atoms with Gasteiger partial charge in [0.05, 0.1) is 18.3 Å². The van der Waals surface area contributed by atoms with E-state index in [-0.39, 0.29) is 5.60 Å². The second-order valence-electron chi connectivity index (χ2n) is 3.42. The zero-order chi connectivity index (χ0) is 7.73. The first-order chi connectivity index (χ1) is 5.35. The first-order valence-electron chi connectivity index (χ1n) is 4.16. The summed E-state index contributed by atoms with van der Waals surface area (Å²) in [4.78, 5) is 0. The molecule has 1 spiro atoms. The van der Waals surface area contributed by atoms with Crippen LogP contribution in [0.2, 0.25) is 0 Å². The van der Waals surface area contributed by atoms with E-state index in [9.17, 15) is 0 Å². The van der Waals surface area contributed by atoms with Gasteiger partial charge in [0.25, 0.3) is 0 Å². The van der Waals surface area contributed by atoms with Gasteiger partial charge in [0, 0.05) is 17.5 Å². The van der Waals surface area contributed by atoms with Crippen molar-refractivity contribution in [2.24, 2.45) is 0 Å². The van der Waals surface area contributed by atoms with Crippen molar-refractivity contribution in [3.63, 3.8) is 0 Å². The van der Waals surface area contributed by atoms with Gasteiger partial charge in [0.15, 0.2) is 0 Å². The van der Waals surface area contributed by atoms with Crippen LogP contribution >= 0.6 is 22.6 Å². The van der Waals surface area contributed by atoms with Gasteiger partial charge in [-0.15, -0.1) is 0 Å². The van der Waals surface area contributed by atoms with E-state index in [0.717, 1.165) is 24.1 Å². The van der Waals surface area contributed by atoms with Gasteiger partial charge in [-0.05, 0) is 12.8 Å². The molecule has 2 atom stereocenters. The molecule has 2 aliphatic rings. The van der Waals surface area contributed by atoms with Crippen molar-refractivity contribution < 1.29 is 9.47 Å². The molecule has 2 nitrogen and oxygen atoms in total. The molecule has 11 heavy (non-hydrogen) atoms. The Morgan fingerprint density at radius 1 is 1.45 bits per heavy atom. The SMILES string of the molecule is ICC1CCC2(CCOC2)O1. The molecular weight excluding hydrogens is 255 g/mol. The highest BCUT2D eigenvalue weighted by Gasteiger charge is 2.42. The zero-order valence-electron chi connectivity index (χ0n) is 6.51. The Bertz CT molecular complexity index is 143. The fourth-order valence-electron chi connectivity index (χ4n) is 1.88. The number of ether oxygens (including phenoxy) is 2. The lowest BCUT2D eigenvalue weighted by Gasteiger charge is -2.21. The van der Waals surface area contributed by atoms with Gasteiger partial charge < -0.3 is 9.47 Å². The van der Waals surface area contributed by atoms with Crippen LogP contribution in [-0.4, -0.2) is 29.3 Å². The molecule has 0 bridgehead atoms. The minimum Gasteiger partial charge on any atom is -0.378 e. The summed E-state index contributed by atoms with van der Waals surface area (Å²) in [6.45, 7) is 1.73. The molecule has 0 N–H and O–H groups in total. The molecule has 0 aromatic heterocycles. The summed E-state index contributed by atoms with van der Waals surface area (Å²) in [7, 11) is 0. The van der Waals surface area contributed by atoms with E-state index in [0.29, 0.717) is 6.10 Å². The van der Waals surface area contributed by atoms with Crippen LogP contribution < -0.4 is 0 Å². The van der Waals surface area contributed by atoms with Gasteiger partial charge in [-0.3, -0.25) is 0 Å². The summed E-state index contributed by atoms with van der Waals surface area (Å²) in [5.41, 5.74) is 0.135. The highest BCUT2D eigenvalue weighted by molar-refractivity contribution is 14.1. The van der Waals surface area contributed by atoms with Crippen molar-refractivity contribution in [3.8, 4) is 0 Å². The molecule has 2 rings (SSSR count). The van der Waals surface area contributed by atoms with Crippen LogP contribution in [0.4, 0.5) is 0 Å². The van der Waals surface area contributed by atoms with E-state index >= 15 is 0 Å². The first kappa shape index (κ1) is 8.26. The van der Waals surface area contributed by atoms with Crippen LogP contribution in [0.25, 0.3) is 0 Å². The van der Waals surface area contributed by atoms with E-state index in [2.05, 4.69) is 22.6 Å². The zero-order valence-corrected chi connectivity index (χ0v) is 8.67. The predicted octanol–water partition coefficient (Wildman–Crippen LogP) is 1.76. The molecule has 0 aliphatic carbocycles. The molecule has 2 aliphatic heterocycles. The molecule has 0 radical (unpaired) electrons. The topological polar surface area (TPSA) is 18.5 Å². The summed E-state index contributed by atoms with van der Waals surface area (Å²) < 4.78 is 12.4. The molecule has 2 saturated heterocycles. The van der Waals surface area contributed by atoms with Crippen molar-refractivity contribution in [3.05, 3.63) is 0 Å². The average molecular weight is 268 g/mol. The molecule has 64 valence electrons. The maximum Gasteiger partial charge on any atom is 0.0941 e. The van der Waals surface area contributed by atoms with Crippen molar-refractivity contribution in [2.75, 3.05) is 17.6 Å². The molecule has 0 saturated carbocycles.